The molecule has 0 spiro atoms. The number of aryl methyl sites for hydroxylation is 1. The van der Waals surface area contributed by atoms with Crippen molar-refractivity contribution in [2.75, 3.05) is 7.11 Å². The van der Waals surface area contributed by atoms with Crippen molar-refractivity contribution in [2.24, 2.45) is 0 Å². The van der Waals surface area contributed by atoms with Crippen LogP contribution < -0.4 is 5.32 Å². The number of nitrogens with one attached hydrogen (secondary N) is 1. The molecule has 0 saturated heterocycles. The van der Waals surface area contributed by atoms with Crippen LogP contribution in [0.4, 0.5) is 24.0 Å². The molecule has 0 aromatic heterocycles. The first-order valence-electron chi connectivity index (χ1n) is 26.1. The van der Waals surface area contributed by atoms with Gasteiger partial charge in [-0.3, -0.25) is 14.7 Å². The summed E-state index contributed by atoms with van der Waals surface area (Å²) < 4.78 is 39.6. The number of aliphatic hydroxyl groups is 1. The Morgan fingerprint density at radius 1 is 0.463 bits per heavy atom. The van der Waals surface area contributed by atoms with E-state index >= 15 is 0 Å². The second-order valence-corrected chi connectivity index (χ2v) is 25.4. The van der Waals surface area contributed by atoms with Crippen molar-refractivity contribution in [1.29, 1.82) is 0 Å². The van der Waals surface area contributed by atoms with E-state index < -0.39 is 40.3 Å². The first-order valence-corrected chi connectivity index (χ1v) is 27.6. The Bertz CT molecular complexity index is 2660. The monoisotopic (exact) mass is 1270 g/mol. The van der Waals surface area contributed by atoms with Crippen LogP contribution in [0.3, 0.4) is 0 Å². The number of fused-ring (bicyclic) bond motifs is 4. The van der Waals surface area contributed by atoms with Gasteiger partial charge < -0.3 is 38.8 Å². The van der Waals surface area contributed by atoms with Crippen LogP contribution in [0.5, 0.6) is 0 Å². The Morgan fingerprint density at radius 2 is 0.744 bits per heavy atom. The molecule has 4 aliphatic rings. The van der Waals surface area contributed by atoms with Crippen molar-refractivity contribution in [3.8, 4) is 0 Å². The van der Waals surface area contributed by atoms with E-state index in [1.807, 2.05) is 86.6 Å². The van der Waals surface area contributed by atoms with Crippen LogP contribution in [-0.2, 0) is 95.0 Å². The first-order chi connectivity index (χ1) is 37.9. The topological polar surface area (TPSA) is 237 Å². The van der Waals surface area contributed by atoms with Gasteiger partial charge in [-0.25, -0.2) is 24.0 Å². The molecule has 0 fully saturated rings. The standard InChI is InChI=1S/C14H19NO2.C13H16BrNO2.C13H17NO2.C10H18O5.C8H8BrN.CO2.CH4O.CO/c1-10-5-6-11-8-15(9-12(11)7-10)13(16)17-14(2,3)4;1-13(2,3)17-12(16)15-7-9-4-5-11(14)6-10(9)8-15;1-13(2,3)16-12(15)14-8-10-6-4-5-7-11(10)9-14;1-9(2,3)14-7(11)13-8(12)15-10(4,5)6;9-8-2-1-6-4-10-5-7(6)3-8;2-1-3;2*1-2/h5-7H,8-9H2,1-4H3;4-6H,7-8H2,1-3H3;4-7H,8-9H2,1-3H3;1-6H3;1-3,10H,4-5H2;;2H,1H3;. The summed E-state index contributed by atoms with van der Waals surface area (Å²) in [6.45, 7) is 39.5. The zero-order valence-corrected chi connectivity index (χ0v) is 53.6. The van der Waals surface area contributed by atoms with Crippen molar-refractivity contribution >= 4 is 68.6 Å². The van der Waals surface area contributed by atoms with E-state index in [4.69, 9.17) is 43.0 Å². The SMILES string of the molecule is Brc1ccc2c(c1)CNC2.CC(C)(C)OC(=O)N1Cc2ccc(Br)cc2C1.CC(C)(C)OC(=O)N1Cc2ccccc2C1.CC(C)(C)OC(=O)OC(=O)OC(C)(C)C.CO.Cc1ccc2c(c1)CN(C(=O)OC(C)(C)C)C2.O=C=O.[C-]#[O+]. The summed E-state index contributed by atoms with van der Waals surface area (Å²) in [5.41, 5.74) is 8.67. The van der Waals surface area contributed by atoms with Crippen LogP contribution in [0.2, 0.25) is 0 Å². The molecular formula is C61H82Br2N4O15. The van der Waals surface area contributed by atoms with Gasteiger partial charge in [-0.2, -0.15) is 9.59 Å². The van der Waals surface area contributed by atoms with Gasteiger partial charge in [-0.15, -0.1) is 0 Å². The van der Waals surface area contributed by atoms with Gasteiger partial charge in [0.05, 0.1) is 0 Å². The molecule has 0 aliphatic carbocycles. The molecule has 4 aliphatic heterocycles. The van der Waals surface area contributed by atoms with Crippen molar-refractivity contribution in [3.63, 3.8) is 0 Å². The summed E-state index contributed by atoms with van der Waals surface area (Å²) in [6.07, 6.45) is -2.58. The Kier molecular flexibility index (Phi) is 30.0. The van der Waals surface area contributed by atoms with Crippen molar-refractivity contribution in [1.82, 2.24) is 20.0 Å². The van der Waals surface area contributed by atoms with E-state index in [1.54, 1.807) is 56.2 Å². The van der Waals surface area contributed by atoms with E-state index in [0.717, 1.165) is 24.7 Å². The fourth-order valence-corrected chi connectivity index (χ4v) is 8.28. The molecule has 21 heteroatoms. The van der Waals surface area contributed by atoms with E-state index in [2.05, 4.69) is 110 Å². The number of halogens is 2. The molecule has 0 unspecified atom stereocenters. The number of carbonyl (C=O) groups excluding carboxylic acids is 7. The molecule has 19 nitrogen and oxygen atoms in total. The fourth-order valence-electron chi connectivity index (χ4n) is 7.46. The number of hydrogen-bond acceptors (Lipinski definition) is 15. The van der Waals surface area contributed by atoms with Gasteiger partial charge >= 0.3 is 48.0 Å². The summed E-state index contributed by atoms with van der Waals surface area (Å²) in [5, 5.41) is 10.3. The number of hydrogen-bond donors (Lipinski definition) is 2. The van der Waals surface area contributed by atoms with Crippen LogP contribution in [0, 0.1) is 13.6 Å². The molecule has 450 valence electrons. The predicted molar refractivity (Wildman–Crippen MR) is 314 cm³/mol. The molecule has 0 saturated carbocycles. The Labute approximate surface area is 500 Å². The maximum absolute atomic E-state index is 11.9. The van der Waals surface area contributed by atoms with Gasteiger partial charge in [0.15, 0.2) is 0 Å². The van der Waals surface area contributed by atoms with E-state index in [-0.39, 0.29) is 24.4 Å². The predicted octanol–water partition coefficient (Wildman–Crippen LogP) is 13.8. The average Bonchev–Trinajstić information content (AvgIpc) is 4.38. The van der Waals surface area contributed by atoms with Gasteiger partial charge in [0.1, 0.15) is 28.0 Å². The zero-order valence-electron chi connectivity index (χ0n) is 50.4. The van der Waals surface area contributed by atoms with Crippen LogP contribution in [0.15, 0.2) is 87.8 Å². The summed E-state index contributed by atoms with van der Waals surface area (Å²) in [5.74, 6) is 0. The average molecular weight is 1270 g/mol. The van der Waals surface area contributed by atoms with Crippen LogP contribution >= 0.6 is 31.9 Å². The Balaban J connectivity index is 0.000000502. The van der Waals surface area contributed by atoms with E-state index in [0.29, 0.717) is 39.3 Å². The van der Waals surface area contributed by atoms with E-state index in [9.17, 15) is 24.0 Å². The minimum atomic E-state index is -1.06. The van der Waals surface area contributed by atoms with Gasteiger partial charge in [-0.1, -0.05) is 92.0 Å². The molecule has 0 atom stereocenters. The number of ether oxygens (including phenoxy) is 6. The fraction of sp³-hybridized carbons (Fsp3) is 0.492. The number of amides is 3. The van der Waals surface area contributed by atoms with E-state index in [1.165, 1.54) is 54.5 Å². The third kappa shape index (κ3) is 29.4. The zero-order chi connectivity index (χ0) is 63.0. The van der Waals surface area contributed by atoms with Crippen LogP contribution in [0.1, 0.15) is 154 Å². The molecule has 0 bridgehead atoms. The van der Waals surface area contributed by atoms with Crippen LogP contribution in [0.25, 0.3) is 0 Å². The van der Waals surface area contributed by atoms with Crippen molar-refractivity contribution in [2.45, 2.75) is 191 Å². The number of nitrogens with zero attached hydrogens (tertiary/aromatic N) is 3. The first kappa shape index (κ1) is 73.4. The summed E-state index contributed by atoms with van der Waals surface area (Å²) in [7, 11) is 1.00. The number of carbonyl (C=O) groups is 5. The Hall–Kier alpha value is -6.57. The van der Waals surface area contributed by atoms with Gasteiger partial charge in [0.25, 0.3) is 0 Å². The molecule has 8 rings (SSSR count). The second kappa shape index (κ2) is 33.5. The number of aliphatic hydroxyl groups excluding tert-OH is 1. The molecule has 3 amide bonds. The third-order valence-corrected chi connectivity index (χ3v) is 11.5. The summed E-state index contributed by atoms with van der Waals surface area (Å²) in [4.78, 5) is 79.1. The normalized spacial score (nSPS) is 13.2. The van der Waals surface area contributed by atoms with Gasteiger partial charge in [-0.05, 0) is 180 Å². The van der Waals surface area contributed by atoms with Gasteiger partial charge in [0.2, 0.25) is 0 Å². The molecule has 82 heavy (non-hydrogen) atoms. The quantitative estimate of drug-likeness (QED) is 0.0547. The molecular weight excluding hydrogens is 1190 g/mol. The second-order valence-electron chi connectivity index (χ2n) is 23.6. The molecule has 0 radical (unpaired) electrons. The summed E-state index contributed by atoms with van der Waals surface area (Å²) in [6, 6.07) is 26.9. The maximum atomic E-state index is 11.9. The minimum absolute atomic E-state index is 0.230. The number of benzene rings is 4. The van der Waals surface area contributed by atoms with Crippen molar-refractivity contribution in [3.05, 3.63) is 145 Å². The molecule has 2 N–H and O–H groups in total. The number of rotatable bonds is 0. The summed E-state index contributed by atoms with van der Waals surface area (Å²) >= 11 is 6.87. The molecule has 4 heterocycles. The molecule has 4 aromatic carbocycles. The van der Waals surface area contributed by atoms with Crippen molar-refractivity contribution < 1.29 is 71.7 Å². The Morgan fingerprint density at radius 3 is 1.10 bits per heavy atom. The van der Waals surface area contributed by atoms with Crippen LogP contribution in [-0.4, -0.2) is 91.7 Å². The molecule has 4 aromatic rings. The van der Waals surface area contributed by atoms with Gasteiger partial charge in [0, 0.05) is 68.4 Å². The third-order valence-electron chi connectivity index (χ3n) is 10.5.